The van der Waals surface area contributed by atoms with Crippen LogP contribution in [0.3, 0.4) is 0 Å². The van der Waals surface area contributed by atoms with Gasteiger partial charge in [-0.2, -0.15) is 13.6 Å². The lowest BCUT2D eigenvalue weighted by molar-refractivity contribution is 0.0598. The van der Waals surface area contributed by atoms with Crippen LogP contribution in [0.25, 0.3) is 0 Å². The van der Waals surface area contributed by atoms with Gasteiger partial charge in [-0.05, 0) is 85.0 Å². The molecule has 3 unspecified atom stereocenters. The zero-order valence-electron chi connectivity index (χ0n) is 13.6. The Bertz CT molecular complexity index is 730. The van der Waals surface area contributed by atoms with E-state index in [1.807, 2.05) is 6.07 Å². The third-order valence-corrected chi connectivity index (χ3v) is 7.12. The molecule has 4 atom stereocenters. The Kier molecular flexibility index (Phi) is 3.50. The summed E-state index contributed by atoms with van der Waals surface area (Å²) < 4.78 is 27.1. The first-order valence-electron chi connectivity index (χ1n) is 8.71. The summed E-state index contributed by atoms with van der Waals surface area (Å²) in [5.41, 5.74) is 3.22. The fraction of sp³-hybridized carbons (Fsp3) is 0.667. The highest BCUT2D eigenvalue weighted by Gasteiger charge is 2.50. The molecule has 2 saturated carbocycles. The summed E-state index contributed by atoms with van der Waals surface area (Å²) in [6.07, 6.45) is 9.00. The van der Waals surface area contributed by atoms with Gasteiger partial charge in [-0.1, -0.05) is 19.4 Å². The zero-order chi connectivity index (χ0) is 16.2. The minimum atomic E-state index is -3.95. The first kappa shape index (κ1) is 15.5. The smallest absolute Gasteiger partial charge is 0.371 e. The van der Waals surface area contributed by atoms with E-state index in [2.05, 4.69) is 13.0 Å². The van der Waals surface area contributed by atoms with Gasteiger partial charge in [0.05, 0.1) is 0 Å². The van der Waals surface area contributed by atoms with Crippen LogP contribution in [0.1, 0.15) is 62.5 Å². The average molecular weight is 335 g/mol. The van der Waals surface area contributed by atoms with Crippen molar-refractivity contribution in [2.75, 3.05) is 0 Å². The highest BCUT2D eigenvalue weighted by Crippen LogP contribution is 2.60. The largest absolute Gasteiger partial charge is 0.380 e. The van der Waals surface area contributed by atoms with Gasteiger partial charge >= 0.3 is 10.3 Å². The van der Waals surface area contributed by atoms with Crippen molar-refractivity contribution in [3.05, 3.63) is 29.3 Å². The molecule has 126 valence electrons. The molecule has 0 aliphatic heterocycles. The van der Waals surface area contributed by atoms with Crippen molar-refractivity contribution in [1.29, 1.82) is 0 Å². The highest BCUT2D eigenvalue weighted by molar-refractivity contribution is 7.84. The molecule has 0 bridgehead atoms. The van der Waals surface area contributed by atoms with E-state index in [9.17, 15) is 8.42 Å². The summed E-state index contributed by atoms with van der Waals surface area (Å²) in [5, 5.41) is 4.97. The minimum absolute atomic E-state index is 0.339. The van der Waals surface area contributed by atoms with Gasteiger partial charge in [-0.25, -0.2) is 0 Å². The highest BCUT2D eigenvalue weighted by atomic mass is 32.2. The minimum Gasteiger partial charge on any atom is -0.371 e. The second kappa shape index (κ2) is 5.21. The Hall–Kier alpha value is -1.07. The zero-order valence-corrected chi connectivity index (χ0v) is 14.4. The molecule has 5 heteroatoms. The molecule has 2 N–H and O–H groups in total. The fourth-order valence-electron chi connectivity index (χ4n) is 5.74. The summed E-state index contributed by atoms with van der Waals surface area (Å²) in [6, 6.07) is 5.71. The van der Waals surface area contributed by atoms with Gasteiger partial charge in [0.2, 0.25) is 0 Å². The van der Waals surface area contributed by atoms with E-state index in [0.29, 0.717) is 17.1 Å². The van der Waals surface area contributed by atoms with Crippen molar-refractivity contribution in [1.82, 2.24) is 0 Å². The lowest BCUT2D eigenvalue weighted by Crippen LogP contribution is -2.39. The van der Waals surface area contributed by atoms with Gasteiger partial charge in [0.1, 0.15) is 5.75 Å². The van der Waals surface area contributed by atoms with Gasteiger partial charge in [-0.15, -0.1) is 0 Å². The van der Waals surface area contributed by atoms with E-state index in [-0.39, 0.29) is 0 Å². The van der Waals surface area contributed by atoms with Crippen molar-refractivity contribution >= 4 is 10.3 Å². The Morgan fingerprint density at radius 3 is 2.83 bits per heavy atom. The number of hydrogen-bond acceptors (Lipinski definition) is 3. The van der Waals surface area contributed by atoms with E-state index in [1.165, 1.54) is 49.7 Å². The Morgan fingerprint density at radius 2 is 2.04 bits per heavy atom. The number of benzene rings is 1. The van der Waals surface area contributed by atoms with Crippen LogP contribution in [0, 0.1) is 17.3 Å². The fourth-order valence-corrected chi connectivity index (χ4v) is 6.11. The first-order valence-corrected chi connectivity index (χ1v) is 10.2. The van der Waals surface area contributed by atoms with Gasteiger partial charge in [0.25, 0.3) is 0 Å². The second-order valence-electron chi connectivity index (χ2n) is 7.94. The molecule has 2 fully saturated rings. The van der Waals surface area contributed by atoms with E-state index < -0.39 is 10.3 Å². The molecule has 23 heavy (non-hydrogen) atoms. The predicted molar refractivity (Wildman–Crippen MR) is 89.4 cm³/mol. The van der Waals surface area contributed by atoms with E-state index in [4.69, 9.17) is 9.32 Å². The maximum atomic E-state index is 11.1. The van der Waals surface area contributed by atoms with Crippen LogP contribution in [-0.4, -0.2) is 8.42 Å². The monoisotopic (exact) mass is 335 g/mol. The number of rotatable bonds is 2. The maximum Gasteiger partial charge on any atom is 0.380 e. The molecule has 4 rings (SSSR count). The normalized spacial score (nSPS) is 36.0. The number of nitrogens with two attached hydrogens (primary N) is 1. The molecule has 0 heterocycles. The summed E-state index contributed by atoms with van der Waals surface area (Å²) in [5.74, 6) is 2.65. The Labute approximate surface area is 138 Å². The Morgan fingerprint density at radius 1 is 1.22 bits per heavy atom. The van der Waals surface area contributed by atoms with E-state index in [0.717, 1.165) is 18.3 Å². The van der Waals surface area contributed by atoms with Crippen LogP contribution in [0.15, 0.2) is 18.2 Å². The van der Waals surface area contributed by atoms with Gasteiger partial charge < -0.3 is 4.18 Å². The first-order chi connectivity index (χ1) is 10.9. The third-order valence-electron chi connectivity index (χ3n) is 6.69. The topological polar surface area (TPSA) is 69.4 Å². The molecule has 1 aromatic rings. The number of hydrogen-bond donors (Lipinski definition) is 1. The summed E-state index contributed by atoms with van der Waals surface area (Å²) in [6.45, 7) is 2.50. The molecule has 3 aliphatic rings. The molecule has 3 aliphatic carbocycles. The molecular formula is C18H25NO3S. The summed E-state index contributed by atoms with van der Waals surface area (Å²) in [7, 11) is -3.95. The maximum absolute atomic E-state index is 11.1. The van der Waals surface area contributed by atoms with Crippen LogP contribution in [0.2, 0.25) is 0 Å². The van der Waals surface area contributed by atoms with Gasteiger partial charge in [0.15, 0.2) is 0 Å². The molecule has 0 spiro atoms. The van der Waals surface area contributed by atoms with Crippen molar-refractivity contribution in [3.63, 3.8) is 0 Å². The molecular weight excluding hydrogens is 310 g/mol. The molecule has 0 aromatic heterocycles. The van der Waals surface area contributed by atoms with E-state index in [1.54, 1.807) is 6.07 Å². The van der Waals surface area contributed by atoms with Crippen LogP contribution >= 0.6 is 0 Å². The van der Waals surface area contributed by atoms with Crippen LogP contribution in [0.5, 0.6) is 5.75 Å². The lowest BCUT2D eigenvalue weighted by atomic mass is 9.56. The molecule has 0 saturated heterocycles. The average Bonchev–Trinajstić information content (AvgIpc) is 2.86. The Balaban J connectivity index is 1.64. The molecule has 1 aromatic carbocycles. The van der Waals surface area contributed by atoms with Crippen LogP contribution in [0.4, 0.5) is 0 Å². The van der Waals surface area contributed by atoms with Gasteiger partial charge in [0, 0.05) is 0 Å². The van der Waals surface area contributed by atoms with Crippen LogP contribution < -0.4 is 9.32 Å². The predicted octanol–water partition coefficient (Wildman–Crippen LogP) is 3.52. The van der Waals surface area contributed by atoms with Crippen molar-refractivity contribution < 1.29 is 12.6 Å². The second-order valence-corrected chi connectivity index (χ2v) is 9.09. The number of fused-ring (bicyclic) bond motifs is 5. The van der Waals surface area contributed by atoms with Crippen molar-refractivity contribution in [2.45, 2.75) is 57.8 Å². The quantitative estimate of drug-likeness (QED) is 0.899. The van der Waals surface area contributed by atoms with E-state index >= 15 is 0 Å². The summed E-state index contributed by atoms with van der Waals surface area (Å²) in [4.78, 5) is 0. The molecule has 0 amide bonds. The van der Waals surface area contributed by atoms with Crippen molar-refractivity contribution in [2.24, 2.45) is 22.4 Å². The van der Waals surface area contributed by atoms with Crippen LogP contribution in [-0.2, 0) is 16.7 Å². The third kappa shape index (κ3) is 2.68. The SMILES string of the molecule is C[C@@]12CCCC1C1CCc3cc(OS(N)(=O)=O)ccc3C1CC2. The molecule has 0 radical (unpaired) electrons. The standard InChI is InChI=1S/C18H25NO3S/c1-18-9-2-3-17(18)16-6-4-12-11-13(22-23(19,20)21)5-7-14(12)15(16)8-10-18/h5,7,11,15-17H,2-4,6,8-10H2,1H3,(H2,19,20,21)/t15?,16?,17?,18-/m0/s1. The number of aryl methyl sites for hydroxylation is 1. The molecule has 4 nitrogen and oxygen atoms in total. The van der Waals surface area contributed by atoms with Gasteiger partial charge in [-0.3, -0.25) is 0 Å². The summed E-state index contributed by atoms with van der Waals surface area (Å²) >= 11 is 0. The lowest BCUT2D eigenvalue weighted by Gasteiger charge is -2.49. The van der Waals surface area contributed by atoms with Crippen molar-refractivity contribution in [3.8, 4) is 5.75 Å².